The third-order valence-electron chi connectivity index (χ3n) is 2.90. The molecule has 3 nitrogen and oxygen atoms in total. The number of methoxy groups -OCH3 is 1. The first-order valence-corrected chi connectivity index (χ1v) is 6.53. The highest BCUT2D eigenvalue weighted by Crippen LogP contribution is 2.13. The van der Waals surface area contributed by atoms with E-state index in [4.69, 9.17) is 9.47 Å². The van der Waals surface area contributed by atoms with Gasteiger partial charge in [0.05, 0.1) is 12.7 Å². The fourth-order valence-corrected chi connectivity index (χ4v) is 1.75. The van der Waals surface area contributed by atoms with Gasteiger partial charge in [0.15, 0.2) is 0 Å². The second-order valence-electron chi connectivity index (χ2n) is 4.38. The lowest BCUT2D eigenvalue weighted by molar-refractivity contribution is -0.0170. The van der Waals surface area contributed by atoms with Gasteiger partial charge in [0.1, 0.15) is 0 Å². The Hall–Kier alpha value is -0.120. The third kappa shape index (κ3) is 8.08. The fraction of sp³-hybridized carbons (Fsp3) is 1.00. The van der Waals surface area contributed by atoms with E-state index >= 15 is 0 Å². The first-order chi connectivity index (χ1) is 7.78. The lowest BCUT2D eigenvalue weighted by Crippen LogP contribution is -2.32. The number of unbranched alkanes of at least 4 members (excludes halogenated alkanes) is 1. The van der Waals surface area contributed by atoms with Crippen molar-refractivity contribution >= 4 is 0 Å². The van der Waals surface area contributed by atoms with Crippen LogP contribution in [0.5, 0.6) is 0 Å². The summed E-state index contributed by atoms with van der Waals surface area (Å²) in [5.74, 6) is 0.705. The van der Waals surface area contributed by atoms with Crippen LogP contribution in [-0.2, 0) is 9.47 Å². The maximum absolute atomic E-state index is 5.89. The average molecular weight is 231 g/mol. The van der Waals surface area contributed by atoms with E-state index in [1.807, 2.05) is 7.05 Å². The van der Waals surface area contributed by atoms with Crippen molar-refractivity contribution < 1.29 is 9.47 Å². The number of nitrogens with one attached hydrogen (secondary N) is 1. The minimum atomic E-state index is 0.186. The smallest absolute Gasteiger partial charge is 0.0932 e. The van der Waals surface area contributed by atoms with Crippen molar-refractivity contribution in [3.05, 3.63) is 0 Å². The summed E-state index contributed by atoms with van der Waals surface area (Å²) < 4.78 is 11.0. The zero-order valence-electron chi connectivity index (χ0n) is 11.4. The molecule has 3 heteroatoms. The maximum Gasteiger partial charge on any atom is 0.0932 e. The molecule has 0 rings (SSSR count). The Bertz CT molecular complexity index is 136. The molecule has 0 aliphatic carbocycles. The van der Waals surface area contributed by atoms with Gasteiger partial charge in [-0.25, -0.2) is 0 Å². The lowest BCUT2D eigenvalue weighted by Gasteiger charge is -2.21. The van der Waals surface area contributed by atoms with Crippen LogP contribution < -0.4 is 5.32 Å². The van der Waals surface area contributed by atoms with Crippen molar-refractivity contribution in [2.24, 2.45) is 5.92 Å². The van der Waals surface area contributed by atoms with Crippen LogP contribution in [-0.4, -0.2) is 40.0 Å². The third-order valence-corrected chi connectivity index (χ3v) is 2.90. The van der Waals surface area contributed by atoms with Crippen molar-refractivity contribution in [3.63, 3.8) is 0 Å². The van der Waals surface area contributed by atoms with E-state index in [2.05, 4.69) is 19.2 Å². The van der Waals surface area contributed by atoms with Gasteiger partial charge in [-0.05, 0) is 19.4 Å². The molecule has 0 aromatic carbocycles. The molecule has 0 fully saturated rings. The molecule has 0 saturated carbocycles. The van der Waals surface area contributed by atoms with E-state index in [-0.39, 0.29) is 6.10 Å². The first kappa shape index (κ1) is 15.9. The normalized spacial score (nSPS) is 15.0. The molecule has 0 spiro atoms. The summed E-state index contributed by atoms with van der Waals surface area (Å²) in [6, 6.07) is 0. The van der Waals surface area contributed by atoms with E-state index in [9.17, 15) is 0 Å². The topological polar surface area (TPSA) is 30.5 Å². The Balaban J connectivity index is 3.76. The second kappa shape index (κ2) is 11.4. The van der Waals surface area contributed by atoms with Gasteiger partial charge in [-0.2, -0.15) is 0 Å². The van der Waals surface area contributed by atoms with E-state index < -0.39 is 0 Å². The van der Waals surface area contributed by atoms with Crippen molar-refractivity contribution in [2.45, 2.75) is 45.6 Å². The summed E-state index contributed by atoms with van der Waals surface area (Å²) in [6.07, 6.45) is 5.26. The summed E-state index contributed by atoms with van der Waals surface area (Å²) >= 11 is 0. The largest absolute Gasteiger partial charge is 0.382 e. The summed E-state index contributed by atoms with van der Waals surface area (Å²) in [5.41, 5.74) is 0. The molecule has 0 bridgehead atoms. The second-order valence-corrected chi connectivity index (χ2v) is 4.38. The van der Waals surface area contributed by atoms with E-state index in [0.717, 1.165) is 13.2 Å². The Morgan fingerprint density at radius 3 is 2.44 bits per heavy atom. The van der Waals surface area contributed by atoms with E-state index in [1.165, 1.54) is 25.7 Å². The van der Waals surface area contributed by atoms with Gasteiger partial charge in [0.2, 0.25) is 0 Å². The van der Waals surface area contributed by atoms with Gasteiger partial charge in [0, 0.05) is 20.3 Å². The van der Waals surface area contributed by atoms with Gasteiger partial charge in [-0.15, -0.1) is 0 Å². The zero-order chi connectivity index (χ0) is 12.2. The minimum absolute atomic E-state index is 0.186. The quantitative estimate of drug-likeness (QED) is 0.592. The van der Waals surface area contributed by atoms with Crippen LogP contribution in [0.2, 0.25) is 0 Å². The van der Waals surface area contributed by atoms with Gasteiger partial charge in [0.25, 0.3) is 0 Å². The number of ether oxygens (including phenoxy) is 2. The number of likely N-dealkylation sites (N-methyl/N-ethyl adjacent to an activating group) is 1. The SMILES string of the molecule is CCCCC(CC)COC(CNC)COC. The van der Waals surface area contributed by atoms with Crippen molar-refractivity contribution in [3.8, 4) is 0 Å². The number of hydrogen-bond donors (Lipinski definition) is 1. The lowest BCUT2D eigenvalue weighted by atomic mass is 10.0. The van der Waals surface area contributed by atoms with Crippen LogP contribution in [0.15, 0.2) is 0 Å². The molecule has 16 heavy (non-hydrogen) atoms. The molecule has 0 aliphatic rings. The van der Waals surface area contributed by atoms with Crippen molar-refractivity contribution in [1.82, 2.24) is 5.32 Å². The van der Waals surface area contributed by atoms with Crippen molar-refractivity contribution in [1.29, 1.82) is 0 Å². The highest BCUT2D eigenvalue weighted by molar-refractivity contribution is 4.62. The van der Waals surface area contributed by atoms with Crippen LogP contribution in [0, 0.1) is 5.92 Å². The van der Waals surface area contributed by atoms with Gasteiger partial charge >= 0.3 is 0 Å². The molecule has 0 amide bonds. The molecule has 0 saturated heterocycles. The fourth-order valence-electron chi connectivity index (χ4n) is 1.75. The monoisotopic (exact) mass is 231 g/mol. The van der Waals surface area contributed by atoms with Crippen LogP contribution >= 0.6 is 0 Å². The molecule has 2 unspecified atom stereocenters. The molecule has 1 N–H and O–H groups in total. The highest BCUT2D eigenvalue weighted by Gasteiger charge is 2.11. The Morgan fingerprint density at radius 1 is 1.19 bits per heavy atom. The molecular formula is C13H29NO2. The molecule has 0 heterocycles. The predicted molar refractivity (Wildman–Crippen MR) is 68.8 cm³/mol. The molecule has 0 aromatic rings. The zero-order valence-corrected chi connectivity index (χ0v) is 11.4. The Morgan fingerprint density at radius 2 is 1.94 bits per heavy atom. The minimum Gasteiger partial charge on any atom is -0.382 e. The van der Waals surface area contributed by atoms with E-state index in [0.29, 0.717) is 12.5 Å². The van der Waals surface area contributed by atoms with Crippen molar-refractivity contribution in [2.75, 3.05) is 33.9 Å². The van der Waals surface area contributed by atoms with Gasteiger partial charge < -0.3 is 14.8 Å². The van der Waals surface area contributed by atoms with Crippen LogP contribution in [0.3, 0.4) is 0 Å². The summed E-state index contributed by atoms with van der Waals surface area (Å²) in [6.45, 7) is 6.88. The first-order valence-electron chi connectivity index (χ1n) is 6.53. The summed E-state index contributed by atoms with van der Waals surface area (Å²) in [7, 11) is 3.67. The molecule has 2 atom stereocenters. The van der Waals surface area contributed by atoms with Crippen LogP contribution in [0.25, 0.3) is 0 Å². The Labute approximate surface area is 101 Å². The van der Waals surface area contributed by atoms with Gasteiger partial charge in [-0.1, -0.05) is 33.1 Å². The average Bonchev–Trinajstić information content (AvgIpc) is 2.30. The molecule has 98 valence electrons. The summed E-state index contributed by atoms with van der Waals surface area (Å²) in [5, 5.41) is 3.13. The number of rotatable bonds is 11. The van der Waals surface area contributed by atoms with Gasteiger partial charge in [-0.3, -0.25) is 0 Å². The number of hydrogen-bond acceptors (Lipinski definition) is 3. The predicted octanol–water partition coefficient (Wildman–Crippen LogP) is 2.45. The molecule has 0 radical (unpaired) electrons. The van der Waals surface area contributed by atoms with E-state index in [1.54, 1.807) is 7.11 Å². The standard InChI is InChI=1S/C13H29NO2/c1-5-7-8-12(6-2)10-16-13(9-14-3)11-15-4/h12-14H,5-11H2,1-4H3. The molecular weight excluding hydrogens is 202 g/mol. The summed E-state index contributed by atoms with van der Waals surface area (Å²) in [4.78, 5) is 0. The highest BCUT2D eigenvalue weighted by atomic mass is 16.5. The molecule has 0 aromatic heterocycles. The van der Waals surface area contributed by atoms with Crippen LogP contribution in [0.4, 0.5) is 0 Å². The van der Waals surface area contributed by atoms with Crippen LogP contribution in [0.1, 0.15) is 39.5 Å². The maximum atomic E-state index is 5.89. The Kier molecular flexibility index (Phi) is 11.3. The molecule has 0 aliphatic heterocycles.